The molecule has 49 heavy (non-hydrogen) atoms. The lowest BCUT2D eigenvalue weighted by molar-refractivity contribution is -0.138. The number of likely N-dealkylation sites (tertiary alicyclic amines) is 2. The molecule has 4 unspecified atom stereocenters. The first-order chi connectivity index (χ1) is 23.7. The molecule has 0 spiro atoms. The van der Waals surface area contributed by atoms with Crippen LogP contribution in [0.15, 0.2) is 30.3 Å². The third-order valence-corrected chi connectivity index (χ3v) is 9.83. The van der Waals surface area contributed by atoms with Crippen molar-refractivity contribution in [3.8, 4) is 0 Å². The number of carbonyl (C=O) groups excluding carboxylic acids is 5. The van der Waals surface area contributed by atoms with Gasteiger partial charge in [0, 0.05) is 31.7 Å². The molecule has 12 heteroatoms. The number of nitrogens with one attached hydrogen (secondary N) is 5. The van der Waals surface area contributed by atoms with Gasteiger partial charge in [0.2, 0.25) is 29.5 Å². The van der Waals surface area contributed by atoms with Gasteiger partial charge in [0.15, 0.2) is 0 Å². The summed E-state index contributed by atoms with van der Waals surface area (Å²) >= 11 is 0. The molecular weight excluding hydrogens is 622 g/mol. The molecule has 3 rings (SSSR count). The van der Waals surface area contributed by atoms with Crippen LogP contribution in [0.2, 0.25) is 0 Å². The van der Waals surface area contributed by atoms with Gasteiger partial charge in [0.25, 0.3) is 0 Å². The molecule has 0 aliphatic carbocycles. The highest BCUT2D eigenvalue weighted by atomic mass is 16.2. The lowest BCUT2D eigenvalue weighted by Gasteiger charge is -2.30. The lowest BCUT2D eigenvalue weighted by Crippen LogP contribution is -2.54. The van der Waals surface area contributed by atoms with Gasteiger partial charge in [0.05, 0.1) is 19.0 Å². The second-order valence-electron chi connectivity index (χ2n) is 13.6. The first kappa shape index (κ1) is 39.9. The second kappa shape index (κ2) is 21.5. The smallest absolute Gasteiger partial charge is 0.245 e. The molecule has 0 saturated carbocycles. The van der Waals surface area contributed by atoms with Gasteiger partial charge in [0.1, 0.15) is 12.1 Å². The Morgan fingerprint density at radius 3 is 1.98 bits per heavy atom. The number of carbonyl (C=O) groups is 5. The highest BCUT2D eigenvalue weighted by molar-refractivity contribution is 5.90. The quantitative estimate of drug-likeness (QED) is 0.125. The fourth-order valence-electron chi connectivity index (χ4n) is 6.97. The second-order valence-corrected chi connectivity index (χ2v) is 13.6. The third kappa shape index (κ3) is 13.0. The molecule has 2 aliphatic rings. The summed E-state index contributed by atoms with van der Waals surface area (Å²) in [6.07, 6.45) is 10.2. The molecule has 2 saturated heterocycles. The molecule has 0 bridgehead atoms. The number of benzene rings is 1. The molecular formula is C37H61N7O5. The number of unbranched alkanes of at least 4 members (excludes halogenated alkanes) is 3. The molecule has 5 atom stereocenters. The molecule has 0 radical (unpaired) electrons. The van der Waals surface area contributed by atoms with Gasteiger partial charge in [-0.05, 0) is 71.5 Å². The van der Waals surface area contributed by atoms with E-state index in [1.54, 1.807) is 21.0 Å². The van der Waals surface area contributed by atoms with E-state index in [4.69, 9.17) is 0 Å². The standard InChI is InChI=1S/C37H61N7O5/c1-5-15-29-18-13-22-43(29)36(48)31(41-34(46)26-38-3)20-11-6-7-12-21-32(42-35(47)27(2)39-4)37(49)44-23-14-19-30(44)25-40-33(45)24-28-16-9-8-10-17-28/h8-10,16-17,27,29-32,38-39H,5-7,11-15,18-26H2,1-4H3,(H,40,45)(H,41,46)(H,42,47)/t27-,29?,30?,31?,32?/m0/s1. The summed E-state index contributed by atoms with van der Waals surface area (Å²) in [6.45, 7) is 5.77. The van der Waals surface area contributed by atoms with Crippen molar-refractivity contribution in [2.45, 2.75) is 128 Å². The number of amides is 5. The maximum Gasteiger partial charge on any atom is 0.245 e. The number of likely N-dealkylation sites (N-methyl/N-ethyl adjacent to an activating group) is 2. The fourth-order valence-corrected chi connectivity index (χ4v) is 6.97. The van der Waals surface area contributed by atoms with E-state index < -0.39 is 18.1 Å². The maximum atomic E-state index is 13.9. The maximum absolute atomic E-state index is 13.9. The monoisotopic (exact) mass is 683 g/mol. The Hall–Kier alpha value is -3.51. The first-order valence-electron chi connectivity index (χ1n) is 18.5. The van der Waals surface area contributed by atoms with E-state index in [1.807, 2.05) is 40.1 Å². The predicted molar refractivity (Wildman–Crippen MR) is 192 cm³/mol. The van der Waals surface area contributed by atoms with E-state index in [-0.39, 0.29) is 54.6 Å². The molecule has 274 valence electrons. The summed E-state index contributed by atoms with van der Waals surface area (Å²) in [7, 11) is 3.42. The molecule has 2 aliphatic heterocycles. The van der Waals surface area contributed by atoms with Crippen molar-refractivity contribution >= 4 is 29.5 Å². The number of hydrogen-bond donors (Lipinski definition) is 5. The van der Waals surface area contributed by atoms with Crippen LogP contribution >= 0.6 is 0 Å². The van der Waals surface area contributed by atoms with Gasteiger partial charge in [-0.2, -0.15) is 0 Å². The number of rotatable bonds is 21. The van der Waals surface area contributed by atoms with Crippen molar-refractivity contribution in [3.63, 3.8) is 0 Å². The van der Waals surface area contributed by atoms with Gasteiger partial charge >= 0.3 is 0 Å². The van der Waals surface area contributed by atoms with Crippen LogP contribution in [0, 0.1) is 0 Å². The summed E-state index contributed by atoms with van der Waals surface area (Å²) in [5.41, 5.74) is 0.939. The van der Waals surface area contributed by atoms with Crippen LogP contribution < -0.4 is 26.6 Å². The molecule has 0 aromatic heterocycles. The highest BCUT2D eigenvalue weighted by Gasteiger charge is 2.35. The Labute approximate surface area is 293 Å². The van der Waals surface area contributed by atoms with Crippen molar-refractivity contribution in [1.29, 1.82) is 0 Å². The fraction of sp³-hybridized carbons (Fsp3) is 0.703. The Morgan fingerprint density at radius 2 is 1.39 bits per heavy atom. The van der Waals surface area contributed by atoms with Gasteiger partial charge in [-0.25, -0.2) is 0 Å². The zero-order chi connectivity index (χ0) is 35.6. The first-order valence-corrected chi connectivity index (χ1v) is 18.5. The van der Waals surface area contributed by atoms with Crippen LogP contribution in [0.3, 0.4) is 0 Å². The number of nitrogens with zero attached hydrogens (tertiary/aromatic N) is 2. The largest absolute Gasteiger partial charge is 0.354 e. The number of hydrogen-bond acceptors (Lipinski definition) is 7. The van der Waals surface area contributed by atoms with Crippen LogP contribution in [0.1, 0.15) is 96.5 Å². The van der Waals surface area contributed by atoms with E-state index in [0.29, 0.717) is 25.9 Å². The van der Waals surface area contributed by atoms with Gasteiger partial charge in [-0.15, -0.1) is 0 Å². The van der Waals surface area contributed by atoms with Crippen LogP contribution in [0.5, 0.6) is 0 Å². The summed E-state index contributed by atoms with van der Waals surface area (Å²) in [4.78, 5) is 69.1. The summed E-state index contributed by atoms with van der Waals surface area (Å²) in [5.74, 6) is -0.582. The summed E-state index contributed by atoms with van der Waals surface area (Å²) < 4.78 is 0. The Balaban J connectivity index is 1.53. The van der Waals surface area contributed by atoms with Crippen LogP contribution in [-0.2, 0) is 30.4 Å². The minimum Gasteiger partial charge on any atom is -0.354 e. The van der Waals surface area contributed by atoms with Crippen LogP contribution in [-0.4, -0.2) is 110 Å². The Morgan fingerprint density at radius 1 is 0.796 bits per heavy atom. The zero-order valence-electron chi connectivity index (χ0n) is 30.2. The molecule has 1 aromatic rings. The van der Waals surface area contributed by atoms with Gasteiger partial charge in [-0.3, -0.25) is 24.0 Å². The minimum atomic E-state index is -0.662. The van der Waals surface area contributed by atoms with Crippen molar-refractivity contribution in [1.82, 2.24) is 36.4 Å². The zero-order valence-corrected chi connectivity index (χ0v) is 30.2. The van der Waals surface area contributed by atoms with E-state index in [2.05, 4.69) is 33.5 Å². The van der Waals surface area contributed by atoms with Crippen molar-refractivity contribution in [3.05, 3.63) is 35.9 Å². The van der Waals surface area contributed by atoms with E-state index in [9.17, 15) is 24.0 Å². The van der Waals surface area contributed by atoms with Gasteiger partial charge in [-0.1, -0.05) is 69.4 Å². The van der Waals surface area contributed by atoms with E-state index in [1.165, 1.54) is 0 Å². The van der Waals surface area contributed by atoms with E-state index >= 15 is 0 Å². The van der Waals surface area contributed by atoms with Crippen molar-refractivity contribution < 1.29 is 24.0 Å². The highest BCUT2D eigenvalue weighted by Crippen LogP contribution is 2.24. The molecule has 12 nitrogen and oxygen atoms in total. The van der Waals surface area contributed by atoms with Crippen LogP contribution in [0.4, 0.5) is 0 Å². The normalized spacial score (nSPS) is 19.3. The molecule has 5 N–H and O–H groups in total. The average molecular weight is 684 g/mol. The molecule has 5 amide bonds. The predicted octanol–water partition coefficient (Wildman–Crippen LogP) is 2.26. The van der Waals surface area contributed by atoms with Crippen molar-refractivity contribution in [2.24, 2.45) is 0 Å². The molecule has 1 aromatic carbocycles. The SMILES string of the molecule is CCCC1CCCN1C(=O)C(CCCCCCC(NC(=O)[C@H](C)NC)C(=O)N1CCCC1CNC(=O)Cc1ccccc1)NC(=O)CNC. The lowest BCUT2D eigenvalue weighted by atomic mass is 10.0. The topological polar surface area (TPSA) is 152 Å². The van der Waals surface area contributed by atoms with Crippen LogP contribution in [0.25, 0.3) is 0 Å². The molecule has 2 heterocycles. The Kier molecular flexibility index (Phi) is 17.6. The van der Waals surface area contributed by atoms with Gasteiger partial charge < -0.3 is 36.4 Å². The molecule has 2 fully saturated rings. The minimum absolute atomic E-state index is 0.0175. The third-order valence-electron chi connectivity index (χ3n) is 9.83. The van der Waals surface area contributed by atoms with E-state index in [0.717, 1.165) is 76.3 Å². The van der Waals surface area contributed by atoms with Crippen molar-refractivity contribution in [2.75, 3.05) is 40.3 Å². The average Bonchev–Trinajstić information content (AvgIpc) is 3.77. The summed E-state index contributed by atoms with van der Waals surface area (Å²) in [6, 6.07) is 8.05. The Bertz CT molecular complexity index is 1200. The summed E-state index contributed by atoms with van der Waals surface area (Å²) in [5, 5.41) is 14.8.